The summed E-state index contributed by atoms with van der Waals surface area (Å²) in [4.78, 5) is 2.60. The number of methoxy groups -OCH3 is 1. The molecule has 2 N–H and O–H groups in total. The molecule has 2 aliphatic rings. The Hall–Kier alpha value is -0.580. The molecule has 19 heavy (non-hydrogen) atoms. The van der Waals surface area contributed by atoms with Crippen LogP contribution in [0.3, 0.4) is 0 Å². The molecule has 3 rings (SSSR count). The molecule has 1 saturated heterocycles. The van der Waals surface area contributed by atoms with Gasteiger partial charge in [-0.3, -0.25) is 4.90 Å². The maximum atomic E-state index is 6.42. The van der Waals surface area contributed by atoms with Crippen LogP contribution in [0.5, 0.6) is 5.75 Å². The van der Waals surface area contributed by atoms with E-state index in [2.05, 4.69) is 33.0 Å². The Morgan fingerprint density at radius 1 is 1.32 bits per heavy atom. The van der Waals surface area contributed by atoms with Crippen LogP contribution in [0, 0.1) is 0 Å². The normalized spacial score (nSPS) is 28.4. The Kier molecular flexibility index (Phi) is 3.83. The van der Waals surface area contributed by atoms with Gasteiger partial charge in [-0.2, -0.15) is 0 Å². The lowest BCUT2D eigenvalue weighted by Gasteiger charge is -2.40. The predicted molar refractivity (Wildman–Crippen MR) is 80.4 cm³/mol. The molecule has 1 aliphatic carbocycles. The zero-order valence-electron chi connectivity index (χ0n) is 11.3. The van der Waals surface area contributed by atoms with E-state index in [9.17, 15) is 0 Å². The number of rotatable bonds is 3. The van der Waals surface area contributed by atoms with Crippen LogP contribution in [0.1, 0.15) is 37.3 Å². The molecule has 0 bridgehead atoms. The van der Waals surface area contributed by atoms with E-state index in [1.165, 1.54) is 31.4 Å². The standard InChI is InChI=1S/C15H21BrN2O/c1-19-11-6-7-13(16)12(9-11)15-14(17)3-2-8-18(15)10-4-5-10/h6-7,9-10,14-15H,2-5,8,17H2,1H3. The van der Waals surface area contributed by atoms with Gasteiger partial charge >= 0.3 is 0 Å². The maximum Gasteiger partial charge on any atom is 0.119 e. The minimum absolute atomic E-state index is 0.220. The van der Waals surface area contributed by atoms with Crippen LogP contribution in [0.25, 0.3) is 0 Å². The van der Waals surface area contributed by atoms with Crippen molar-refractivity contribution in [3.05, 3.63) is 28.2 Å². The summed E-state index contributed by atoms with van der Waals surface area (Å²) >= 11 is 3.68. The SMILES string of the molecule is COc1ccc(Br)c(C2C(N)CCCN2C2CC2)c1. The molecule has 1 aromatic rings. The van der Waals surface area contributed by atoms with Crippen LogP contribution in [-0.4, -0.2) is 30.6 Å². The number of hydrogen-bond donors (Lipinski definition) is 1. The predicted octanol–water partition coefficient (Wildman–Crippen LogP) is 3.08. The van der Waals surface area contributed by atoms with Crippen molar-refractivity contribution in [2.75, 3.05) is 13.7 Å². The number of hydrogen-bond acceptors (Lipinski definition) is 3. The van der Waals surface area contributed by atoms with Gasteiger partial charge in [0.2, 0.25) is 0 Å². The summed E-state index contributed by atoms with van der Waals surface area (Å²) in [7, 11) is 1.71. The highest BCUT2D eigenvalue weighted by Gasteiger charge is 2.40. The van der Waals surface area contributed by atoms with Gasteiger partial charge in [-0.25, -0.2) is 0 Å². The second kappa shape index (κ2) is 5.43. The molecule has 0 radical (unpaired) electrons. The summed E-state index contributed by atoms with van der Waals surface area (Å²) in [5.74, 6) is 0.909. The molecule has 2 atom stereocenters. The largest absolute Gasteiger partial charge is 0.497 e. The van der Waals surface area contributed by atoms with Gasteiger partial charge < -0.3 is 10.5 Å². The van der Waals surface area contributed by atoms with Crippen LogP contribution in [0.4, 0.5) is 0 Å². The molecule has 0 spiro atoms. The van der Waals surface area contributed by atoms with Crippen LogP contribution >= 0.6 is 15.9 Å². The Bertz CT molecular complexity index is 461. The second-order valence-corrected chi connectivity index (χ2v) is 6.46. The molecule has 1 saturated carbocycles. The van der Waals surface area contributed by atoms with Crippen molar-refractivity contribution in [1.82, 2.24) is 4.90 Å². The quantitative estimate of drug-likeness (QED) is 0.928. The van der Waals surface area contributed by atoms with Gasteiger partial charge in [0.25, 0.3) is 0 Å². The Labute approximate surface area is 123 Å². The van der Waals surface area contributed by atoms with E-state index >= 15 is 0 Å². The average Bonchev–Trinajstić information content (AvgIpc) is 3.24. The summed E-state index contributed by atoms with van der Waals surface area (Å²) in [6, 6.07) is 7.48. The van der Waals surface area contributed by atoms with E-state index in [-0.39, 0.29) is 6.04 Å². The van der Waals surface area contributed by atoms with Gasteiger partial charge in [0.1, 0.15) is 5.75 Å². The Morgan fingerprint density at radius 2 is 2.11 bits per heavy atom. The highest BCUT2D eigenvalue weighted by atomic mass is 79.9. The zero-order chi connectivity index (χ0) is 13.4. The van der Waals surface area contributed by atoms with Crippen molar-refractivity contribution in [2.45, 2.75) is 43.8 Å². The molecule has 3 nitrogen and oxygen atoms in total. The van der Waals surface area contributed by atoms with E-state index in [0.29, 0.717) is 6.04 Å². The fourth-order valence-electron chi connectivity index (χ4n) is 3.15. The molecular formula is C15H21BrN2O. The van der Waals surface area contributed by atoms with Crippen molar-refractivity contribution in [1.29, 1.82) is 0 Å². The first-order chi connectivity index (χ1) is 9.20. The van der Waals surface area contributed by atoms with Crippen molar-refractivity contribution < 1.29 is 4.74 Å². The number of halogens is 1. The highest BCUT2D eigenvalue weighted by Crippen LogP contribution is 2.42. The Morgan fingerprint density at radius 3 is 2.79 bits per heavy atom. The molecule has 0 amide bonds. The summed E-state index contributed by atoms with van der Waals surface area (Å²) in [6.45, 7) is 1.17. The lowest BCUT2D eigenvalue weighted by molar-refractivity contribution is 0.119. The summed E-state index contributed by atoms with van der Waals surface area (Å²) < 4.78 is 6.51. The fraction of sp³-hybridized carbons (Fsp3) is 0.600. The average molecular weight is 325 g/mol. The van der Waals surface area contributed by atoms with E-state index in [0.717, 1.165) is 22.7 Å². The van der Waals surface area contributed by atoms with Crippen LogP contribution in [0.15, 0.2) is 22.7 Å². The zero-order valence-corrected chi connectivity index (χ0v) is 12.9. The first-order valence-electron chi connectivity index (χ1n) is 7.05. The van der Waals surface area contributed by atoms with Gasteiger partial charge in [-0.15, -0.1) is 0 Å². The van der Waals surface area contributed by atoms with Crippen molar-refractivity contribution in [3.63, 3.8) is 0 Å². The van der Waals surface area contributed by atoms with Gasteiger partial charge in [0.05, 0.1) is 13.2 Å². The summed E-state index contributed by atoms with van der Waals surface area (Å²) in [5.41, 5.74) is 7.70. The third-order valence-corrected chi connectivity index (χ3v) is 4.98. The highest BCUT2D eigenvalue weighted by molar-refractivity contribution is 9.10. The number of nitrogens with two attached hydrogens (primary N) is 1. The van der Waals surface area contributed by atoms with Gasteiger partial charge in [-0.05, 0) is 56.0 Å². The van der Waals surface area contributed by atoms with Crippen LogP contribution < -0.4 is 10.5 Å². The van der Waals surface area contributed by atoms with Crippen molar-refractivity contribution in [3.8, 4) is 5.75 Å². The molecule has 1 aliphatic heterocycles. The number of ether oxygens (including phenoxy) is 1. The second-order valence-electron chi connectivity index (χ2n) is 5.61. The fourth-order valence-corrected chi connectivity index (χ4v) is 3.63. The third-order valence-electron chi connectivity index (χ3n) is 4.25. The van der Waals surface area contributed by atoms with Crippen molar-refractivity contribution in [2.24, 2.45) is 5.73 Å². The molecule has 2 unspecified atom stereocenters. The number of benzene rings is 1. The lowest BCUT2D eigenvalue weighted by Crippen LogP contribution is -2.46. The maximum absolute atomic E-state index is 6.42. The summed E-state index contributed by atoms with van der Waals surface area (Å²) in [5, 5.41) is 0. The molecule has 2 fully saturated rings. The first-order valence-corrected chi connectivity index (χ1v) is 7.85. The van der Waals surface area contributed by atoms with E-state index in [1.807, 2.05) is 6.07 Å². The van der Waals surface area contributed by atoms with Gasteiger partial charge in [-0.1, -0.05) is 15.9 Å². The third kappa shape index (κ3) is 2.67. The molecule has 1 heterocycles. The van der Waals surface area contributed by atoms with Crippen molar-refractivity contribution >= 4 is 15.9 Å². The van der Waals surface area contributed by atoms with Crippen LogP contribution in [-0.2, 0) is 0 Å². The Balaban J connectivity index is 1.96. The molecule has 0 aromatic heterocycles. The smallest absolute Gasteiger partial charge is 0.119 e. The van der Waals surface area contributed by atoms with Gasteiger partial charge in [0.15, 0.2) is 0 Å². The lowest BCUT2D eigenvalue weighted by atomic mass is 9.90. The first kappa shape index (κ1) is 13.4. The number of nitrogens with zero attached hydrogens (tertiary/aromatic N) is 1. The molecule has 1 aromatic carbocycles. The molecular weight excluding hydrogens is 304 g/mol. The number of likely N-dealkylation sites (tertiary alicyclic amines) is 1. The monoisotopic (exact) mass is 324 g/mol. The molecule has 104 valence electrons. The topological polar surface area (TPSA) is 38.5 Å². The number of piperidine rings is 1. The van der Waals surface area contributed by atoms with Gasteiger partial charge in [0, 0.05) is 16.6 Å². The minimum atomic E-state index is 0.220. The van der Waals surface area contributed by atoms with E-state index in [4.69, 9.17) is 10.5 Å². The van der Waals surface area contributed by atoms with Crippen LogP contribution in [0.2, 0.25) is 0 Å². The minimum Gasteiger partial charge on any atom is -0.497 e. The summed E-state index contributed by atoms with van der Waals surface area (Å²) in [6.07, 6.45) is 4.98. The molecule has 4 heteroatoms. The van der Waals surface area contributed by atoms with E-state index in [1.54, 1.807) is 7.11 Å². The van der Waals surface area contributed by atoms with E-state index < -0.39 is 0 Å².